The van der Waals surface area contributed by atoms with E-state index in [1.807, 2.05) is 0 Å². The topological polar surface area (TPSA) is 67.3 Å². The van der Waals surface area contributed by atoms with Crippen LogP contribution in [0.1, 0.15) is 6.42 Å². The highest BCUT2D eigenvalue weighted by molar-refractivity contribution is 8.13. The van der Waals surface area contributed by atoms with Crippen LogP contribution in [0.3, 0.4) is 0 Å². The number of amides is 1. The molecular weight excluding hydrogens is 272 g/mol. The van der Waals surface area contributed by atoms with Crippen molar-refractivity contribution in [3.63, 3.8) is 0 Å². The SMILES string of the molecule is O=C1CC(CS(=O)(=O)Cl)CN1c1nccs1. The molecule has 1 unspecified atom stereocenters. The molecule has 0 aromatic carbocycles. The van der Waals surface area contributed by atoms with E-state index in [1.54, 1.807) is 11.6 Å². The number of rotatable bonds is 3. The van der Waals surface area contributed by atoms with Crippen molar-refractivity contribution in [1.29, 1.82) is 0 Å². The van der Waals surface area contributed by atoms with Crippen LogP contribution in [-0.2, 0) is 13.8 Å². The second-order valence-corrected chi connectivity index (χ2v) is 7.29. The Morgan fingerprint density at radius 1 is 1.62 bits per heavy atom. The van der Waals surface area contributed by atoms with E-state index in [-0.39, 0.29) is 24.0 Å². The monoisotopic (exact) mass is 280 g/mol. The van der Waals surface area contributed by atoms with Crippen LogP contribution in [0.4, 0.5) is 5.13 Å². The van der Waals surface area contributed by atoms with Crippen LogP contribution in [0.5, 0.6) is 0 Å². The van der Waals surface area contributed by atoms with Crippen molar-refractivity contribution in [3.8, 4) is 0 Å². The van der Waals surface area contributed by atoms with E-state index >= 15 is 0 Å². The van der Waals surface area contributed by atoms with Crippen molar-refractivity contribution in [2.75, 3.05) is 17.2 Å². The second kappa shape index (κ2) is 4.31. The quantitative estimate of drug-likeness (QED) is 0.777. The first-order valence-corrected chi connectivity index (χ1v) is 7.94. The van der Waals surface area contributed by atoms with E-state index in [0.29, 0.717) is 11.7 Å². The van der Waals surface area contributed by atoms with Crippen molar-refractivity contribution in [3.05, 3.63) is 11.6 Å². The van der Waals surface area contributed by atoms with Crippen LogP contribution in [0.25, 0.3) is 0 Å². The summed E-state index contributed by atoms with van der Waals surface area (Å²) < 4.78 is 21.8. The summed E-state index contributed by atoms with van der Waals surface area (Å²) in [6.07, 6.45) is 1.82. The summed E-state index contributed by atoms with van der Waals surface area (Å²) in [4.78, 5) is 17.2. The van der Waals surface area contributed by atoms with E-state index < -0.39 is 9.05 Å². The molecule has 0 saturated carbocycles. The Balaban J connectivity index is 2.08. The van der Waals surface area contributed by atoms with Gasteiger partial charge in [0.05, 0.1) is 5.75 Å². The highest BCUT2D eigenvalue weighted by Gasteiger charge is 2.34. The van der Waals surface area contributed by atoms with Crippen LogP contribution in [-0.4, -0.2) is 31.6 Å². The summed E-state index contributed by atoms with van der Waals surface area (Å²) in [5.41, 5.74) is 0. The Labute approximate surface area is 101 Å². The molecule has 1 aromatic heterocycles. The van der Waals surface area contributed by atoms with Crippen molar-refractivity contribution in [2.24, 2.45) is 5.92 Å². The molecular formula is C8H9ClN2O3S2. The Morgan fingerprint density at radius 2 is 2.38 bits per heavy atom. The van der Waals surface area contributed by atoms with E-state index in [2.05, 4.69) is 4.98 Å². The number of hydrogen-bond acceptors (Lipinski definition) is 5. The number of hydrogen-bond donors (Lipinski definition) is 0. The fraction of sp³-hybridized carbons (Fsp3) is 0.500. The van der Waals surface area contributed by atoms with E-state index in [0.717, 1.165) is 0 Å². The highest BCUT2D eigenvalue weighted by Crippen LogP contribution is 2.27. The zero-order valence-electron chi connectivity index (χ0n) is 8.17. The molecule has 1 aromatic rings. The molecule has 1 saturated heterocycles. The predicted octanol–water partition coefficient (Wildman–Crippen LogP) is 1.06. The van der Waals surface area contributed by atoms with E-state index in [1.165, 1.54) is 16.2 Å². The molecule has 8 heteroatoms. The maximum atomic E-state index is 11.6. The first-order valence-electron chi connectivity index (χ1n) is 4.58. The fourth-order valence-electron chi connectivity index (χ4n) is 1.71. The summed E-state index contributed by atoms with van der Waals surface area (Å²) in [5.74, 6) is -0.499. The molecule has 1 atom stereocenters. The highest BCUT2D eigenvalue weighted by atomic mass is 35.7. The van der Waals surface area contributed by atoms with Gasteiger partial charge in [-0.05, 0) is 0 Å². The van der Waals surface area contributed by atoms with Gasteiger partial charge in [0.25, 0.3) is 0 Å². The molecule has 1 aliphatic heterocycles. The molecule has 2 rings (SSSR count). The zero-order valence-corrected chi connectivity index (χ0v) is 10.6. The number of thiazole rings is 1. The average Bonchev–Trinajstić information content (AvgIpc) is 2.71. The van der Waals surface area contributed by atoms with Gasteiger partial charge in [0, 0.05) is 41.1 Å². The molecule has 0 aliphatic carbocycles. The van der Waals surface area contributed by atoms with Gasteiger partial charge in [-0.25, -0.2) is 13.4 Å². The molecule has 1 aliphatic rings. The van der Waals surface area contributed by atoms with Crippen LogP contribution < -0.4 is 4.90 Å². The Bertz CT molecular complexity index is 485. The molecule has 2 heterocycles. The lowest BCUT2D eigenvalue weighted by atomic mass is 10.1. The zero-order chi connectivity index (χ0) is 11.8. The van der Waals surface area contributed by atoms with Gasteiger partial charge < -0.3 is 0 Å². The van der Waals surface area contributed by atoms with Crippen LogP contribution in [0, 0.1) is 5.92 Å². The van der Waals surface area contributed by atoms with Gasteiger partial charge in [0.1, 0.15) is 0 Å². The standard InChI is InChI=1S/C8H9ClN2O3S2/c9-16(13,14)5-6-3-7(12)11(4-6)8-10-1-2-15-8/h1-2,6H,3-5H2. The average molecular weight is 281 g/mol. The normalized spacial score (nSPS) is 21.7. The van der Waals surface area contributed by atoms with Crippen LogP contribution in [0.2, 0.25) is 0 Å². The van der Waals surface area contributed by atoms with Gasteiger partial charge in [0.2, 0.25) is 15.0 Å². The number of nitrogens with zero attached hydrogens (tertiary/aromatic N) is 2. The lowest BCUT2D eigenvalue weighted by Crippen LogP contribution is -2.25. The Hall–Kier alpha value is -0.660. The van der Waals surface area contributed by atoms with E-state index in [9.17, 15) is 13.2 Å². The minimum Gasteiger partial charge on any atom is -0.288 e. The molecule has 16 heavy (non-hydrogen) atoms. The third kappa shape index (κ3) is 2.72. The molecule has 1 amide bonds. The third-order valence-electron chi connectivity index (χ3n) is 2.29. The number of carbonyl (C=O) groups excluding carboxylic acids is 1. The third-order valence-corrected chi connectivity index (χ3v) is 4.33. The molecule has 1 fully saturated rings. The maximum absolute atomic E-state index is 11.6. The van der Waals surface area contributed by atoms with Crippen molar-refractivity contribution in [1.82, 2.24) is 4.98 Å². The van der Waals surface area contributed by atoms with Crippen LogP contribution in [0.15, 0.2) is 11.6 Å². The van der Waals surface area contributed by atoms with Crippen molar-refractivity contribution in [2.45, 2.75) is 6.42 Å². The van der Waals surface area contributed by atoms with Gasteiger partial charge in [-0.1, -0.05) is 0 Å². The van der Waals surface area contributed by atoms with Crippen molar-refractivity contribution < 1.29 is 13.2 Å². The number of aromatic nitrogens is 1. The lowest BCUT2D eigenvalue weighted by molar-refractivity contribution is -0.117. The predicted molar refractivity (Wildman–Crippen MR) is 62.2 cm³/mol. The summed E-state index contributed by atoms with van der Waals surface area (Å²) >= 11 is 1.36. The molecule has 0 N–H and O–H groups in total. The maximum Gasteiger partial charge on any atom is 0.232 e. The van der Waals surface area contributed by atoms with Gasteiger partial charge >= 0.3 is 0 Å². The first-order chi connectivity index (χ1) is 7.46. The molecule has 0 bridgehead atoms. The van der Waals surface area contributed by atoms with E-state index in [4.69, 9.17) is 10.7 Å². The second-order valence-electron chi connectivity index (χ2n) is 3.59. The number of anilines is 1. The Morgan fingerprint density at radius 3 is 2.94 bits per heavy atom. The summed E-state index contributed by atoms with van der Waals surface area (Å²) in [7, 11) is 1.62. The summed E-state index contributed by atoms with van der Waals surface area (Å²) in [6.45, 7) is 0.373. The summed E-state index contributed by atoms with van der Waals surface area (Å²) in [6, 6.07) is 0. The fourth-order valence-corrected chi connectivity index (χ4v) is 3.70. The molecule has 88 valence electrons. The minimum absolute atomic E-state index is 0.0970. The lowest BCUT2D eigenvalue weighted by Gasteiger charge is -2.11. The first kappa shape index (κ1) is 11.8. The smallest absolute Gasteiger partial charge is 0.232 e. The minimum atomic E-state index is -3.55. The van der Waals surface area contributed by atoms with Gasteiger partial charge in [-0.15, -0.1) is 11.3 Å². The summed E-state index contributed by atoms with van der Waals surface area (Å²) in [5, 5.41) is 2.38. The van der Waals surface area contributed by atoms with Crippen LogP contribution >= 0.6 is 22.0 Å². The van der Waals surface area contributed by atoms with Gasteiger partial charge in [-0.3, -0.25) is 9.69 Å². The molecule has 0 radical (unpaired) electrons. The Kier molecular flexibility index (Phi) is 3.18. The largest absolute Gasteiger partial charge is 0.288 e. The number of halogens is 1. The van der Waals surface area contributed by atoms with Gasteiger partial charge in [0.15, 0.2) is 5.13 Å². The number of carbonyl (C=O) groups is 1. The molecule has 0 spiro atoms. The van der Waals surface area contributed by atoms with Gasteiger partial charge in [-0.2, -0.15) is 0 Å². The molecule has 5 nitrogen and oxygen atoms in total. The van der Waals surface area contributed by atoms with Crippen molar-refractivity contribution >= 4 is 42.1 Å².